The number of piperidine rings is 1. The average Bonchev–Trinajstić information content (AvgIpc) is 2.45. The fraction of sp³-hybridized carbons (Fsp3) is 0.467. The predicted octanol–water partition coefficient (Wildman–Crippen LogP) is 1.65. The molecule has 1 saturated heterocycles. The monoisotopic (exact) mass is 311 g/mol. The molecule has 6 heteroatoms. The number of anilines is 1. The third-order valence-corrected chi connectivity index (χ3v) is 3.40. The zero-order chi connectivity index (χ0) is 14.4. The maximum Gasteiger partial charge on any atom is 0.241 e. The van der Waals surface area contributed by atoms with E-state index in [0.29, 0.717) is 6.54 Å². The molecule has 116 valence electrons. The number of carbonyl (C=O) groups excluding carboxylic acids is 2. The van der Waals surface area contributed by atoms with Crippen molar-refractivity contribution < 1.29 is 9.59 Å². The molecule has 1 aromatic rings. The molecule has 1 aromatic carbocycles. The minimum atomic E-state index is -0.0355. The standard InChI is InChI=1S/C15H21N3O2.ClH/c1-12(19)17-14-8-5-9-18(11-14)15(20)10-16-13-6-3-2-4-7-13;/h2-4,6-7,14,16H,5,8-11H2,1H3,(H,17,19);1H. The number of rotatable bonds is 4. The Morgan fingerprint density at radius 2 is 2.00 bits per heavy atom. The Bertz CT molecular complexity index is 467. The van der Waals surface area contributed by atoms with Crippen molar-refractivity contribution in [3.63, 3.8) is 0 Å². The molecule has 1 aliphatic heterocycles. The second-order valence-electron chi connectivity index (χ2n) is 5.10. The number of amides is 2. The first-order valence-corrected chi connectivity index (χ1v) is 6.99. The zero-order valence-corrected chi connectivity index (χ0v) is 13.0. The van der Waals surface area contributed by atoms with Crippen LogP contribution in [0.1, 0.15) is 19.8 Å². The lowest BCUT2D eigenvalue weighted by Crippen LogP contribution is -2.50. The molecule has 0 saturated carbocycles. The van der Waals surface area contributed by atoms with Crippen LogP contribution in [0.3, 0.4) is 0 Å². The van der Waals surface area contributed by atoms with Crippen LogP contribution in [0.2, 0.25) is 0 Å². The van der Waals surface area contributed by atoms with Crippen LogP contribution in [0.15, 0.2) is 30.3 Å². The second-order valence-corrected chi connectivity index (χ2v) is 5.10. The Hall–Kier alpha value is -1.75. The molecule has 1 heterocycles. The number of nitrogens with zero attached hydrogens (tertiary/aromatic N) is 1. The van der Waals surface area contributed by atoms with E-state index in [1.807, 2.05) is 35.2 Å². The first kappa shape index (κ1) is 17.3. The van der Waals surface area contributed by atoms with Gasteiger partial charge in [0.1, 0.15) is 0 Å². The average molecular weight is 312 g/mol. The van der Waals surface area contributed by atoms with Crippen LogP contribution >= 0.6 is 12.4 Å². The van der Waals surface area contributed by atoms with E-state index < -0.39 is 0 Å². The third kappa shape index (κ3) is 5.63. The van der Waals surface area contributed by atoms with Crippen LogP contribution in [-0.4, -0.2) is 42.4 Å². The SMILES string of the molecule is CC(=O)NC1CCCN(C(=O)CNc2ccccc2)C1.Cl. The smallest absolute Gasteiger partial charge is 0.241 e. The molecule has 1 unspecified atom stereocenters. The van der Waals surface area contributed by atoms with Crippen LogP contribution in [0, 0.1) is 0 Å². The van der Waals surface area contributed by atoms with Crippen molar-refractivity contribution in [1.82, 2.24) is 10.2 Å². The van der Waals surface area contributed by atoms with Crippen molar-refractivity contribution in [3.8, 4) is 0 Å². The van der Waals surface area contributed by atoms with Crippen LogP contribution in [0.4, 0.5) is 5.69 Å². The van der Waals surface area contributed by atoms with Gasteiger partial charge in [-0.1, -0.05) is 18.2 Å². The summed E-state index contributed by atoms with van der Waals surface area (Å²) in [5.41, 5.74) is 0.941. The summed E-state index contributed by atoms with van der Waals surface area (Å²) in [7, 11) is 0. The van der Waals surface area contributed by atoms with Crippen molar-refractivity contribution in [2.75, 3.05) is 25.0 Å². The van der Waals surface area contributed by atoms with Gasteiger partial charge >= 0.3 is 0 Å². The topological polar surface area (TPSA) is 61.4 Å². The molecule has 0 aliphatic carbocycles. The molecule has 0 spiro atoms. The van der Waals surface area contributed by atoms with Crippen LogP contribution in [0.25, 0.3) is 0 Å². The van der Waals surface area contributed by atoms with Crippen molar-refractivity contribution in [2.24, 2.45) is 0 Å². The number of benzene rings is 1. The Morgan fingerprint density at radius 3 is 2.67 bits per heavy atom. The predicted molar refractivity (Wildman–Crippen MR) is 85.6 cm³/mol. The van der Waals surface area contributed by atoms with Gasteiger partial charge in [0, 0.05) is 31.7 Å². The molecule has 0 aromatic heterocycles. The van der Waals surface area contributed by atoms with E-state index in [0.717, 1.165) is 25.1 Å². The van der Waals surface area contributed by atoms with E-state index in [1.165, 1.54) is 6.92 Å². The lowest BCUT2D eigenvalue weighted by molar-refractivity contribution is -0.131. The van der Waals surface area contributed by atoms with Crippen LogP contribution < -0.4 is 10.6 Å². The molecular weight excluding hydrogens is 290 g/mol. The highest BCUT2D eigenvalue weighted by Crippen LogP contribution is 2.11. The number of likely N-dealkylation sites (tertiary alicyclic amines) is 1. The molecular formula is C15H22ClN3O2. The summed E-state index contributed by atoms with van der Waals surface area (Å²) >= 11 is 0. The van der Waals surface area contributed by atoms with Crippen molar-refractivity contribution in [1.29, 1.82) is 0 Å². The van der Waals surface area contributed by atoms with Crippen LogP contribution in [0.5, 0.6) is 0 Å². The van der Waals surface area contributed by atoms with Gasteiger partial charge < -0.3 is 15.5 Å². The maximum atomic E-state index is 12.2. The third-order valence-electron chi connectivity index (χ3n) is 3.40. The van der Waals surface area contributed by atoms with Gasteiger partial charge in [0.2, 0.25) is 11.8 Å². The van der Waals surface area contributed by atoms with Crippen LogP contribution in [-0.2, 0) is 9.59 Å². The Labute approximate surface area is 131 Å². The number of para-hydroxylation sites is 1. The van der Waals surface area contributed by atoms with E-state index in [4.69, 9.17) is 0 Å². The molecule has 2 rings (SSSR count). The number of nitrogens with one attached hydrogen (secondary N) is 2. The van der Waals surface area contributed by atoms with E-state index in [1.54, 1.807) is 0 Å². The minimum absolute atomic E-state index is 0. The maximum absolute atomic E-state index is 12.2. The van der Waals surface area contributed by atoms with Crippen molar-refractivity contribution >= 4 is 29.9 Å². The highest BCUT2D eigenvalue weighted by atomic mass is 35.5. The lowest BCUT2D eigenvalue weighted by atomic mass is 10.1. The van der Waals surface area contributed by atoms with Gasteiger partial charge in [-0.25, -0.2) is 0 Å². The molecule has 1 aliphatic rings. The first-order valence-electron chi connectivity index (χ1n) is 6.99. The molecule has 21 heavy (non-hydrogen) atoms. The number of carbonyl (C=O) groups is 2. The van der Waals surface area contributed by atoms with E-state index in [9.17, 15) is 9.59 Å². The highest BCUT2D eigenvalue weighted by Gasteiger charge is 2.23. The first-order chi connectivity index (χ1) is 9.65. The van der Waals surface area contributed by atoms with E-state index >= 15 is 0 Å². The Balaban J connectivity index is 0.00000220. The van der Waals surface area contributed by atoms with Gasteiger partial charge in [-0.15, -0.1) is 12.4 Å². The molecule has 1 fully saturated rings. The lowest BCUT2D eigenvalue weighted by Gasteiger charge is -2.33. The molecule has 1 atom stereocenters. The summed E-state index contributed by atoms with van der Waals surface area (Å²) in [6.07, 6.45) is 1.87. The molecule has 5 nitrogen and oxygen atoms in total. The van der Waals surface area contributed by atoms with E-state index in [-0.39, 0.29) is 36.8 Å². The molecule has 2 N–H and O–H groups in total. The van der Waals surface area contributed by atoms with Gasteiger partial charge in [0.25, 0.3) is 0 Å². The summed E-state index contributed by atoms with van der Waals surface area (Å²) in [6, 6.07) is 9.76. The summed E-state index contributed by atoms with van der Waals surface area (Å²) in [6.45, 7) is 3.18. The number of halogens is 1. The van der Waals surface area contributed by atoms with E-state index in [2.05, 4.69) is 10.6 Å². The Morgan fingerprint density at radius 1 is 1.29 bits per heavy atom. The highest BCUT2D eigenvalue weighted by molar-refractivity contribution is 5.85. The largest absolute Gasteiger partial charge is 0.376 e. The zero-order valence-electron chi connectivity index (χ0n) is 12.2. The molecule has 0 radical (unpaired) electrons. The summed E-state index contributed by atoms with van der Waals surface area (Å²) in [4.78, 5) is 25.0. The number of hydrogen-bond acceptors (Lipinski definition) is 3. The van der Waals surface area contributed by atoms with Gasteiger partial charge in [-0.2, -0.15) is 0 Å². The number of hydrogen-bond donors (Lipinski definition) is 2. The fourth-order valence-electron chi connectivity index (χ4n) is 2.45. The quantitative estimate of drug-likeness (QED) is 0.889. The molecule has 0 bridgehead atoms. The van der Waals surface area contributed by atoms with Gasteiger partial charge in [0.15, 0.2) is 0 Å². The summed E-state index contributed by atoms with van der Waals surface area (Å²) in [5.74, 6) is 0.0376. The van der Waals surface area contributed by atoms with Crippen molar-refractivity contribution in [3.05, 3.63) is 30.3 Å². The molecule has 2 amide bonds. The normalized spacial score (nSPS) is 17.6. The Kier molecular flexibility index (Phi) is 7.02. The van der Waals surface area contributed by atoms with Crippen molar-refractivity contribution in [2.45, 2.75) is 25.8 Å². The van der Waals surface area contributed by atoms with Gasteiger partial charge in [0.05, 0.1) is 6.54 Å². The second kappa shape index (κ2) is 8.52. The summed E-state index contributed by atoms with van der Waals surface area (Å²) in [5, 5.41) is 6.01. The van der Waals surface area contributed by atoms with Gasteiger partial charge in [-0.05, 0) is 25.0 Å². The van der Waals surface area contributed by atoms with Gasteiger partial charge in [-0.3, -0.25) is 9.59 Å². The fourth-order valence-corrected chi connectivity index (χ4v) is 2.45. The summed E-state index contributed by atoms with van der Waals surface area (Å²) < 4.78 is 0. The minimum Gasteiger partial charge on any atom is -0.376 e.